The van der Waals surface area contributed by atoms with Gasteiger partial charge in [-0.15, -0.1) is 0 Å². The molecule has 0 aliphatic rings. The van der Waals surface area contributed by atoms with Gasteiger partial charge in [0.1, 0.15) is 11.5 Å². The maximum atomic E-state index is 13.2. The second-order valence-corrected chi connectivity index (χ2v) is 6.14. The Morgan fingerprint density at radius 1 is 0.963 bits per heavy atom. The highest BCUT2D eigenvalue weighted by Gasteiger charge is 2.19. The van der Waals surface area contributed by atoms with Crippen molar-refractivity contribution < 1.29 is 4.79 Å². The van der Waals surface area contributed by atoms with Crippen LogP contribution in [0.1, 0.15) is 30.8 Å². The van der Waals surface area contributed by atoms with Crippen LogP contribution in [0, 0.1) is 0 Å². The summed E-state index contributed by atoms with van der Waals surface area (Å²) in [5, 5.41) is 3.27. The van der Waals surface area contributed by atoms with E-state index in [-0.39, 0.29) is 5.91 Å². The van der Waals surface area contributed by atoms with E-state index in [0.29, 0.717) is 23.9 Å². The fourth-order valence-electron chi connectivity index (χ4n) is 2.81. The first-order valence-corrected chi connectivity index (χ1v) is 9.28. The van der Waals surface area contributed by atoms with Gasteiger partial charge in [0.2, 0.25) is 0 Å². The Bertz CT molecular complexity index is 881. The molecule has 138 valence electrons. The van der Waals surface area contributed by atoms with Crippen LogP contribution in [0.3, 0.4) is 0 Å². The molecule has 3 rings (SSSR count). The first-order chi connectivity index (χ1) is 13.2. The largest absolute Gasteiger partial charge is 0.370 e. The molecule has 0 aliphatic carbocycles. The van der Waals surface area contributed by atoms with Crippen molar-refractivity contribution in [1.29, 1.82) is 0 Å². The molecular weight excluding hydrogens is 336 g/mol. The molecule has 1 aromatic heterocycles. The summed E-state index contributed by atoms with van der Waals surface area (Å²) in [4.78, 5) is 24.1. The molecule has 0 aliphatic heterocycles. The zero-order chi connectivity index (χ0) is 19.1. The van der Waals surface area contributed by atoms with Gasteiger partial charge in [-0.05, 0) is 25.5 Å². The van der Waals surface area contributed by atoms with Gasteiger partial charge in [-0.1, -0.05) is 55.5 Å². The third-order valence-electron chi connectivity index (χ3n) is 4.16. The van der Waals surface area contributed by atoms with Crippen molar-refractivity contribution in [3.63, 3.8) is 0 Å². The lowest BCUT2D eigenvalue weighted by atomic mass is 10.2. The van der Waals surface area contributed by atoms with E-state index in [9.17, 15) is 4.79 Å². The summed E-state index contributed by atoms with van der Waals surface area (Å²) in [5.41, 5.74) is 2.12. The van der Waals surface area contributed by atoms with E-state index in [1.54, 1.807) is 11.0 Å². The van der Waals surface area contributed by atoms with E-state index in [4.69, 9.17) is 0 Å². The topological polar surface area (TPSA) is 58.1 Å². The molecule has 3 aromatic rings. The van der Waals surface area contributed by atoms with Crippen LogP contribution in [-0.2, 0) is 0 Å². The molecule has 5 nitrogen and oxygen atoms in total. The Labute approximate surface area is 160 Å². The first kappa shape index (κ1) is 18.6. The predicted octanol–water partition coefficient (Wildman–Crippen LogP) is 4.63. The van der Waals surface area contributed by atoms with Gasteiger partial charge in [-0.25, -0.2) is 9.97 Å². The van der Waals surface area contributed by atoms with Crippen LogP contribution in [0.15, 0.2) is 66.7 Å². The predicted molar refractivity (Wildman–Crippen MR) is 110 cm³/mol. The van der Waals surface area contributed by atoms with Crippen LogP contribution in [0.4, 0.5) is 11.5 Å². The number of nitrogens with one attached hydrogen (secondary N) is 1. The average Bonchev–Trinajstić information content (AvgIpc) is 2.74. The van der Waals surface area contributed by atoms with E-state index < -0.39 is 0 Å². The maximum Gasteiger partial charge on any atom is 0.277 e. The van der Waals surface area contributed by atoms with Crippen molar-refractivity contribution in [2.24, 2.45) is 0 Å². The first-order valence-electron chi connectivity index (χ1n) is 9.28. The highest BCUT2D eigenvalue weighted by molar-refractivity contribution is 6.05. The van der Waals surface area contributed by atoms with Gasteiger partial charge >= 0.3 is 0 Å². The molecule has 27 heavy (non-hydrogen) atoms. The van der Waals surface area contributed by atoms with Crippen molar-refractivity contribution >= 4 is 17.4 Å². The van der Waals surface area contributed by atoms with Gasteiger partial charge in [0, 0.05) is 30.4 Å². The standard InChI is InChI=1S/C22H24N4O/c1-3-15-23-20-16-19(24-21(25-20)17-11-7-5-8-12-17)22(27)26(4-2)18-13-9-6-10-14-18/h5-14,16H,3-4,15H2,1-2H3,(H,23,24,25). The minimum Gasteiger partial charge on any atom is -0.370 e. The van der Waals surface area contributed by atoms with Gasteiger partial charge in [-0.2, -0.15) is 0 Å². The zero-order valence-corrected chi connectivity index (χ0v) is 15.7. The molecule has 0 spiro atoms. The molecule has 5 heteroatoms. The Hall–Kier alpha value is -3.21. The maximum absolute atomic E-state index is 13.2. The molecule has 0 fully saturated rings. The molecule has 0 atom stereocenters. The van der Waals surface area contributed by atoms with Crippen molar-refractivity contribution in [1.82, 2.24) is 9.97 Å². The lowest BCUT2D eigenvalue weighted by Crippen LogP contribution is -2.31. The number of rotatable bonds is 7. The van der Waals surface area contributed by atoms with Crippen molar-refractivity contribution in [2.75, 3.05) is 23.3 Å². The fourth-order valence-corrected chi connectivity index (χ4v) is 2.81. The Kier molecular flexibility index (Phi) is 6.15. The van der Waals surface area contributed by atoms with Crippen LogP contribution in [0.25, 0.3) is 11.4 Å². The third-order valence-corrected chi connectivity index (χ3v) is 4.16. The third kappa shape index (κ3) is 4.50. The van der Waals surface area contributed by atoms with E-state index in [2.05, 4.69) is 22.2 Å². The molecule has 1 amide bonds. The smallest absolute Gasteiger partial charge is 0.277 e. The molecule has 0 radical (unpaired) electrons. The van der Waals surface area contributed by atoms with Gasteiger partial charge in [0.15, 0.2) is 5.82 Å². The van der Waals surface area contributed by atoms with E-state index in [1.165, 1.54) is 0 Å². The van der Waals surface area contributed by atoms with Crippen molar-refractivity contribution in [3.05, 3.63) is 72.4 Å². The number of aromatic nitrogens is 2. The van der Waals surface area contributed by atoms with Crippen LogP contribution in [-0.4, -0.2) is 29.0 Å². The second-order valence-electron chi connectivity index (χ2n) is 6.14. The minimum absolute atomic E-state index is 0.136. The molecule has 0 saturated carbocycles. The second kappa shape index (κ2) is 8.94. The number of benzene rings is 2. The number of hydrogen-bond acceptors (Lipinski definition) is 4. The van der Waals surface area contributed by atoms with E-state index in [0.717, 1.165) is 24.2 Å². The van der Waals surface area contributed by atoms with Crippen LogP contribution < -0.4 is 10.2 Å². The number of amides is 1. The van der Waals surface area contributed by atoms with Crippen molar-refractivity contribution in [3.8, 4) is 11.4 Å². The fraction of sp³-hybridized carbons (Fsp3) is 0.227. The Balaban J connectivity index is 2.01. The Morgan fingerprint density at radius 3 is 2.26 bits per heavy atom. The van der Waals surface area contributed by atoms with Crippen LogP contribution in [0.2, 0.25) is 0 Å². The Morgan fingerprint density at radius 2 is 1.63 bits per heavy atom. The van der Waals surface area contributed by atoms with Crippen LogP contribution >= 0.6 is 0 Å². The number of carbonyl (C=O) groups is 1. The number of hydrogen-bond donors (Lipinski definition) is 1. The average molecular weight is 360 g/mol. The van der Waals surface area contributed by atoms with Gasteiger partial charge < -0.3 is 10.2 Å². The molecule has 0 unspecified atom stereocenters. The number of nitrogens with zero attached hydrogens (tertiary/aromatic N) is 3. The van der Waals surface area contributed by atoms with Crippen molar-refractivity contribution in [2.45, 2.75) is 20.3 Å². The summed E-state index contributed by atoms with van der Waals surface area (Å²) in [6.07, 6.45) is 0.971. The summed E-state index contributed by atoms with van der Waals surface area (Å²) >= 11 is 0. The van der Waals surface area contributed by atoms with E-state index in [1.807, 2.05) is 67.6 Å². The lowest BCUT2D eigenvalue weighted by Gasteiger charge is -2.21. The summed E-state index contributed by atoms with van der Waals surface area (Å²) in [6, 6.07) is 21.1. The summed E-state index contributed by atoms with van der Waals surface area (Å²) < 4.78 is 0. The van der Waals surface area contributed by atoms with Gasteiger partial charge in [0.05, 0.1) is 0 Å². The molecule has 1 heterocycles. The lowest BCUT2D eigenvalue weighted by molar-refractivity contribution is 0.0983. The molecule has 0 saturated heterocycles. The number of anilines is 2. The molecule has 1 N–H and O–H groups in total. The minimum atomic E-state index is -0.136. The summed E-state index contributed by atoms with van der Waals surface area (Å²) in [5.74, 6) is 1.07. The zero-order valence-electron chi connectivity index (χ0n) is 15.7. The molecular formula is C22H24N4O. The quantitative estimate of drug-likeness (QED) is 0.667. The monoisotopic (exact) mass is 360 g/mol. The SMILES string of the molecule is CCCNc1cc(C(=O)N(CC)c2ccccc2)nc(-c2ccccc2)n1. The normalized spacial score (nSPS) is 10.4. The number of carbonyl (C=O) groups excluding carboxylic acids is 1. The van der Waals surface area contributed by atoms with Crippen LogP contribution in [0.5, 0.6) is 0 Å². The molecule has 0 bridgehead atoms. The summed E-state index contributed by atoms with van der Waals surface area (Å²) in [7, 11) is 0. The highest BCUT2D eigenvalue weighted by Crippen LogP contribution is 2.21. The number of para-hydroxylation sites is 1. The summed E-state index contributed by atoms with van der Waals surface area (Å²) in [6.45, 7) is 5.40. The highest BCUT2D eigenvalue weighted by atomic mass is 16.2. The van der Waals surface area contributed by atoms with E-state index >= 15 is 0 Å². The molecule has 2 aromatic carbocycles. The van der Waals surface area contributed by atoms with Gasteiger partial charge in [-0.3, -0.25) is 4.79 Å². The van der Waals surface area contributed by atoms with Gasteiger partial charge in [0.25, 0.3) is 5.91 Å².